The molecule has 0 amide bonds. The SMILES string of the molecule is CC(C)(C)c1cc(-c2cc(Cl)cc(-c3cc(C(C)(C)C)cc(C(C)(C)C)c3)c2-n2c3c(sc2=S)CCCC3)cc(C(C)(C)C)c1. The highest BCUT2D eigenvalue weighted by Crippen LogP contribution is 2.45. The van der Waals surface area contributed by atoms with Crippen LogP contribution in [0.25, 0.3) is 27.9 Å². The third-order valence-electron chi connectivity index (χ3n) is 9.30. The molecule has 0 bridgehead atoms. The second-order valence-corrected chi connectivity index (χ2v) is 19.4. The molecule has 1 aliphatic carbocycles. The Morgan fingerprint density at radius 2 is 0.956 bits per heavy atom. The van der Waals surface area contributed by atoms with Gasteiger partial charge in [0.1, 0.15) is 0 Å². The molecule has 0 spiro atoms. The van der Waals surface area contributed by atoms with Crippen molar-refractivity contribution in [2.45, 2.75) is 130 Å². The van der Waals surface area contributed by atoms with Crippen LogP contribution in [0.5, 0.6) is 0 Å². The van der Waals surface area contributed by atoms with Gasteiger partial charge in [-0.15, -0.1) is 11.3 Å². The molecular weight excluding hydrogens is 606 g/mol. The van der Waals surface area contributed by atoms with Crippen molar-refractivity contribution in [3.05, 3.63) is 90.3 Å². The molecule has 0 N–H and O–H groups in total. The minimum absolute atomic E-state index is 0.00189. The zero-order valence-electron chi connectivity index (χ0n) is 29.6. The van der Waals surface area contributed by atoms with Gasteiger partial charge in [-0.05, 0) is 105 Å². The van der Waals surface area contributed by atoms with E-state index >= 15 is 0 Å². The predicted molar refractivity (Wildman–Crippen MR) is 202 cm³/mol. The van der Waals surface area contributed by atoms with Crippen molar-refractivity contribution in [2.24, 2.45) is 0 Å². The largest absolute Gasteiger partial charge is 0.294 e. The van der Waals surface area contributed by atoms with E-state index in [9.17, 15) is 0 Å². The molecule has 0 saturated carbocycles. The van der Waals surface area contributed by atoms with Crippen LogP contribution in [0.4, 0.5) is 0 Å². The topological polar surface area (TPSA) is 4.93 Å². The number of hydrogen-bond acceptors (Lipinski definition) is 2. The quantitative estimate of drug-likeness (QED) is 0.198. The summed E-state index contributed by atoms with van der Waals surface area (Å²) < 4.78 is 3.36. The average molecular weight is 658 g/mol. The highest BCUT2D eigenvalue weighted by Gasteiger charge is 2.28. The number of fused-ring (bicyclic) bond motifs is 1. The van der Waals surface area contributed by atoms with Crippen molar-refractivity contribution in [1.82, 2.24) is 4.57 Å². The maximum absolute atomic E-state index is 7.15. The van der Waals surface area contributed by atoms with E-state index in [1.807, 2.05) is 0 Å². The Balaban J connectivity index is 1.96. The van der Waals surface area contributed by atoms with Crippen LogP contribution in [0.3, 0.4) is 0 Å². The van der Waals surface area contributed by atoms with Crippen LogP contribution in [0.1, 0.15) is 129 Å². The summed E-state index contributed by atoms with van der Waals surface area (Å²) >= 11 is 15.2. The molecule has 0 radical (unpaired) electrons. The fraction of sp³-hybridized carbons (Fsp3) is 0.488. The summed E-state index contributed by atoms with van der Waals surface area (Å²) in [6, 6.07) is 18.7. The fourth-order valence-corrected chi connectivity index (χ4v) is 8.06. The Bertz CT molecular complexity index is 1650. The Kier molecular flexibility index (Phi) is 8.95. The first-order valence-corrected chi connectivity index (χ1v) is 18.2. The number of halogens is 1. The monoisotopic (exact) mass is 657 g/mol. The lowest BCUT2D eigenvalue weighted by Crippen LogP contribution is -2.17. The number of nitrogens with zero attached hydrogens (tertiary/aromatic N) is 1. The summed E-state index contributed by atoms with van der Waals surface area (Å²) in [4.78, 5) is 1.44. The molecule has 45 heavy (non-hydrogen) atoms. The number of aryl methyl sites for hydroxylation is 1. The van der Waals surface area contributed by atoms with E-state index in [4.69, 9.17) is 23.8 Å². The smallest absolute Gasteiger partial charge is 0.166 e. The van der Waals surface area contributed by atoms with Crippen LogP contribution in [0, 0.1) is 3.95 Å². The van der Waals surface area contributed by atoms with Crippen LogP contribution < -0.4 is 0 Å². The van der Waals surface area contributed by atoms with E-state index in [1.165, 1.54) is 62.5 Å². The molecule has 1 aliphatic rings. The Morgan fingerprint density at radius 1 is 0.578 bits per heavy atom. The van der Waals surface area contributed by atoms with Crippen molar-refractivity contribution in [3.8, 4) is 27.9 Å². The van der Waals surface area contributed by atoms with Gasteiger partial charge < -0.3 is 0 Å². The van der Waals surface area contributed by atoms with Crippen molar-refractivity contribution < 1.29 is 0 Å². The highest BCUT2D eigenvalue weighted by molar-refractivity contribution is 7.73. The summed E-state index contributed by atoms with van der Waals surface area (Å²) in [5.74, 6) is 0. The molecule has 0 saturated heterocycles. The van der Waals surface area contributed by atoms with Gasteiger partial charge in [0.05, 0.1) is 5.69 Å². The standard InChI is InChI=1S/C41H52ClNS2/c1-38(2,3)27-17-25(18-28(21-27)39(4,5)6)32-23-31(42)24-33(36(32)43-34-15-13-14-16-35(34)45-37(43)44)26-19-29(40(7,8)9)22-30(20-26)41(10,11)12/h17-24H,13-16H2,1-12H3. The van der Waals surface area contributed by atoms with E-state index in [-0.39, 0.29) is 21.7 Å². The van der Waals surface area contributed by atoms with Crippen molar-refractivity contribution in [1.29, 1.82) is 0 Å². The number of aromatic nitrogens is 1. The van der Waals surface area contributed by atoms with Crippen LogP contribution in [0.15, 0.2) is 48.5 Å². The summed E-state index contributed by atoms with van der Waals surface area (Å²) in [6.07, 6.45) is 4.58. The average Bonchev–Trinajstić information content (AvgIpc) is 3.25. The Morgan fingerprint density at radius 3 is 1.33 bits per heavy atom. The van der Waals surface area contributed by atoms with E-state index in [0.29, 0.717) is 0 Å². The van der Waals surface area contributed by atoms with Crippen molar-refractivity contribution in [3.63, 3.8) is 0 Å². The zero-order valence-corrected chi connectivity index (χ0v) is 32.0. The summed E-state index contributed by atoms with van der Waals surface area (Å²) in [5, 5.41) is 0.747. The highest BCUT2D eigenvalue weighted by atomic mass is 35.5. The van der Waals surface area contributed by atoms with Gasteiger partial charge in [0.2, 0.25) is 0 Å². The minimum Gasteiger partial charge on any atom is -0.294 e. The van der Waals surface area contributed by atoms with E-state index in [1.54, 1.807) is 11.3 Å². The Hall–Kier alpha value is -2.20. The summed E-state index contributed by atoms with van der Waals surface area (Å²) in [6.45, 7) is 27.7. The molecule has 4 heteroatoms. The van der Waals surface area contributed by atoms with Crippen molar-refractivity contribution >= 4 is 35.2 Å². The molecule has 1 aromatic heterocycles. The second-order valence-electron chi connectivity index (χ2n) is 17.2. The second kappa shape index (κ2) is 11.8. The first-order valence-electron chi connectivity index (χ1n) is 16.5. The number of rotatable bonds is 3. The van der Waals surface area contributed by atoms with Gasteiger partial charge in [0.25, 0.3) is 0 Å². The van der Waals surface area contributed by atoms with Gasteiger partial charge in [-0.1, -0.05) is 131 Å². The third kappa shape index (κ3) is 7.07. The van der Waals surface area contributed by atoms with E-state index in [0.717, 1.165) is 32.9 Å². The van der Waals surface area contributed by atoms with Gasteiger partial charge in [-0.25, -0.2) is 0 Å². The summed E-state index contributed by atoms with van der Waals surface area (Å²) in [7, 11) is 0. The molecule has 4 aromatic rings. The molecule has 0 atom stereocenters. The maximum Gasteiger partial charge on any atom is 0.166 e. The van der Waals surface area contributed by atoms with Crippen molar-refractivity contribution in [2.75, 3.05) is 0 Å². The number of hydrogen-bond donors (Lipinski definition) is 0. The minimum atomic E-state index is -0.00189. The lowest BCUT2D eigenvalue weighted by molar-refractivity contribution is 0.568. The number of thiazole rings is 1. The molecule has 5 rings (SSSR count). The first kappa shape index (κ1) is 34.1. The van der Waals surface area contributed by atoms with Gasteiger partial charge in [-0.2, -0.15) is 0 Å². The van der Waals surface area contributed by atoms with Gasteiger partial charge in [0, 0.05) is 26.7 Å². The lowest BCUT2D eigenvalue weighted by atomic mass is 9.77. The molecule has 0 aliphatic heterocycles. The maximum atomic E-state index is 7.15. The molecular formula is C41H52ClNS2. The third-order valence-corrected chi connectivity index (χ3v) is 11.0. The van der Waals surface area contributed by atoms with Gasteiger partial charge in [-0.3, -0.25) is 4.57 Å². The van der Waals surface area contributed by atoms with E-state index < -0.39 is 0 Å². The van der Waals surface area contributed by atoms with Gasteiger partial charge in [0.15, 0.2) is 3.95 Å². The molecule has 1 nitrogen and oxygen atoms in total. The van der Waals surface area contributed by atoms with Crippen LogP contribution in [0.2, 0.25) is 5.02 Å². The molecule has 240 valence electrons. The zero-order chi connectivity index (χ0) is 33.3. The van der Waals surface area contributed by atoms with E-state index in [2.05, 4.69) is 136 Å². The first-order chi connectivity index (χ1) is 20.6. The molecule has 3 aromatic carbocycles. The molecule has 0 fully saturated rings. The normalized spacial score (nSPS) is 14.5. The van der Waals surface area contributed by atoms with Crippen LogP contribution in [-0.4, -0.2) is 4.57 Å². The van der Waals surface area contributed by atoms with Crippen LogP contribution in [-0.2, 0) is 34.5 Å². The van der Waals surface area contributed by atoms with Crippen LogP contribution >= 0.6 is 35.2 Å². The number of benzene rings is 3. The summed E-state index contributed by atoms with van der Waals surface area (Å²) in [5.41, 5.74) is 12.6. The Labute approximate surface area is 287 Å². The molecule has 1 heterocycles. The lowest BCUT2D eigenvalue weighted by Gasteiger charge is -2.29. The van der Waals surface area contributed by atoms with Gasteiger partial charge >= 0.3 is 0 Å². The predicted octanol–water partition coefficient (Wildman–Crippen LogP) is 13.3. The fourth-order valence-electron chi connectivity index (χ4n) is 6.27. The molecule has 0 unspecified atom stereocenters.